The highest BCUT2D eigenvalue weighted by molar-refractivity contribution is 5.70. The maximum atomic E-state index is 12.3. The Balaban J connectivity index is 3.58. The second kappa shape index (κ2) is 55.1. The van der Waals surface area contributed by atoms with Crippen molar-refractivity contribution in [2.75, 3.05) is 13.2 Å². The molecule has 1 unspecified atom stereocenters. The van der Waals surface area contributed by atoms with Gasteiger partial charge in [-0.25, -0.2) is 0 Å². The number of hydrogen-bond acceptors (Lipinski definition) is 5. The van der Waals surface area contributed by atoms with Gasteiger partial charge in [-0.15, -0.1) is 0 Å². The van der Waals surface area contributed by atoms with Gasteiger partial charge in [-0.3, -0.25) is 9.59 Å². The van der Waals surface area contributed by atoms with E-state index in [2.05, 4.69) is 111 Å². The molecule has 0 heterocycles. The van der Waals surface area contributed by atoms with Gasteiger partial charge in [0.2, 0.25) is 0 Å². The maximum Gasteiger partial charge on any atom is 0.306 e. The van der Waals surface area contributed by atoms with Crippen molar-refractivity contribution in [3.63, 3.8) is 0 Å². The monoisotopic (exact) mass is 903 g/mol. The van der Waals surface area contributed by atoms with Gasteiger partial charge in [-0.1, -0.05) is 259 Å². The second-order valence-electron chi connectivity index (χ2n) is 17.9. The Kier molecular flexibility index (Phi) is 52.5. The molecular formula is C60H102O5. The molecule has 0 aliphatic rings. The molecule has 0 bridgehead atoms. The molecule has 372 valence electrons. The van der Waals surface area contributed by atoms with Crippen LogP contribution in [0.3, 0.4) is 0 Å². The fourth-order valence-electron chi connectivity index (χ4n) is 7.57. The molecule has 5 nitrogen and oxygen atoms in total. The van der Waals surface area contributed by atoms with Gasteiger partial charge in [0.25, 0.3) is 0 Å². The van der Waals surface area contributed by atoms with Crippen LogP contribution >= 0.6 is 0 Å². The highest BCUT2D eigenvalue weighted by atomic mass is 16.6. The molecular weight excluding hydrogens is 801 g/mol. The standard InChI is InChI=1S/C60H102O5/c1-3-5-7-9-11-13-15-17-19-21-23-25-26-27-28-29-30-31-32-33-34-35-37-39-41-43-45-47-49-51-53-55-60(63)65-58(56-61)57-64-59(62)54-52-50-48-46-44-42-40-38-36-24-22-20-18-16-14-12-10-8-6-4-2/h5,7,11,13,17,19,23,25,27-28,30-31,33-34,37,39,58,61H,3-4,6,8-10,12,14-16,18,20-22,24,26,29,32,35-36,38,40-57H2,1-2H3/b7-5-,13-11-,19-17-,25-23-,28-27-,31-30-,34-33-,39-37-. The van der Waals surface area contributed by atoms with Gasteiger partial charge >= 0.3 is 11.9 Å². The average Bonchev–Trinajstić information content (AvgIpc) is 3.31. The molecule has 0 aromatic heterocycles. The summed E-state index contributed by atoms with van der Waals surface area (Å²) in [6, 6.07) is 0. The molecule has 1 atom stereocenters. The summed E-state index contributed by atoms with van der Waals surface area (Å²) < 4.78 is 10.7. The summed E-state index contributed by atoms with van der Waals surface area (Å²) in [6.45, 7) is 4.03. The lowest BCUT2D eigenvalue weighted by molar-refractivity contribution is -0.161. The van der Waals surface area contributed by atoms with Gasteiger partial charge in [0.05, 0.1) is 6.61 Å². The zero-order valence-electron chi connectivity index (χ0n) is 42.5. The fraction of sp³-hybridized carbons (Fsp3) is 0.700. The van der Waals surface area contributed by atoms with Crippen molar-refractivity contribution in [3.05, 3.63) is 97.2 Å². The first-order valence-electron chi connectivity index (χ1n) is 27.3. The predicted octanol–water partition coefficient (Wildman–Crippen LogP) is 18.4. The first-order chi connectivity index (χ1) is 32.1. The van der Waals surface area contributed by atoms with E-state index >= 15 is 0 Å². The van der Waals surface area contributed by atoms with Crippen LogP contribution in [-0.4, -0.2) is 36.4 Å². The molecule has 0 fully saturated rings. The number of ether oxygens (including phenoxy) is 2. The minimum atomic E-state index is -0.785. The Morgan fingerprint density at radius 3 is 1.00 bits per heavy atom. The SMILES string of the molecule is CC/C=C\C/C=C\C/C=C\C/C=C\C/C=C\C/C=C\C/C=C\C/C=C\CCCCCCCCC(=O)OC(CO)COC(=O)CCCCCCCCCCCCCCCCCCCCCC. The van der Waals surface area contributed by atoms with E-state index in [0.717, 1.165) is 96.3 Å². The molecule has 0 aromatic rings. The highest BCUT2D eigenvalue weighted by Crippen LogP contribution is 2.16. The minimum absolute atomic E-state index is 0.0741. The van der Waals surface area contributed by atoms with E-state index in [0.29, 0.717) is 12.8 Å². The molecule has 0 aromatic carbocycles. The number of aliphatic hydroxyl groups excluding tert-OH is 1. The van der Waals surface area contributed by atoms with Gasteiger partial charge in [0, 0.05) is 12.8 Å². The largest absolute Gasteiger partial charge is 0.462 e. The normalized spacial score (nSPS) is 13.0. The maximum absolute atomic E-state index is 12.3. The highest BCUT2D eigenvalue weighted by Gasteiger charge is 2.16. The number of unbranched alkanes of at least 4 members (excludes halogenated alkanes) is 25. The molecule has 0 aliphatic carbocycles. The van der Waals surface area contributed by atoms with Crippen LogP contribution in [0.25, 0.3) is 0 Å². The van der Waals surface area contributed by atoms with Crippen LogP contribution in [0, 0.1) is 0 Å². The third kappa shape index (κ3) is 53.3. The van der Waals surface area contributed by atoms with Crippen molar-refractivity contribution in [1.29, 1.82) is 0 Å². The first kappa shape index (κ1) is 61.8. The molecule has 0 aliphatic heterocycles. The lowest BCUT2D eigenvalue weighted by Gasteiger charge is -2.15. The number of allylic oxidation sites excluding steroid dienone is 16. The smallest absolute Gasteiger partial charge is 0.306 e. The molecule has 0 saturated carbocycles. The van der Waals surface area contributed by atoms with Gasteiger partial charge in [-0.2, -0.15) is 0 Å². The van der Waals surface area contributed by atoms with E-state index in [1.165, 1.54) is 128 Å². The van der Waals surface area contributed by atoms with E-state index in [4.69, 9.17) is 9.47 Å². The van der Waals surface area contributed by atoms with Crippen LogP contribution in [0.2, 0.25) is 0 Å². The number of rotatable bonds is 49. The fourth-order valence-corrected chi connectivity index (χ4v) is 7.57. The van der Waals surface area contributed by atoms with Crippen LogP contribution in [-0.2, 0) is 19.1 Å². The Bertz CT molecular complexity index is 1250. The van der Waals surface area contributed by atoms with Crippen LogP contribution in [0.5, 0.6) is 0 Å². The summed E-state index contributed by atoms with van der Waals surface area (Å²) in [4.78, 5) is 24.5. The second-order valence-corrected chi connectivity index (χ2v) is 17.9. The van der Waals surface area contributed by atoms with Crippen molar-refractivity contribution in [2.45, 2.75) is 258 Å². The Hall–Kier alpha value is -3.18. The Morgan fingerprint density at radius 2 is 0.662 bits per heavy atom. The summed E-state index contributed by atoms with van der Waals surface area (Å²) >= 11 is 0. The number of esters is 2. The third-order valence-electron chi connectivity index (χ3n) is 11.6. The molecule has 0 radical (unpaired) electrons. The molecule has 0 saturated heterocycles. The van der Waals surface area contributed by atoms with E-state index in [1.54, 1.807) is 0 Å². The summed E-state index contributed by atoms with van der Waals surface area (Å²) in [5.41, 5.74) is 0. The van der Waals surface area contributed by atoms with E-state index in [9.17, 15) is 14.7 Å². The third-order valence-corrected chi connectivity index (χ3v) is 11.6. The summed E-state index contributed by atoms with van der Waals surface area (Å²) in [5, 5.41) is 9.64. The first-order valence-corrected chi connectivity index (χ1v) is 27.3. The molecule has 0 spiro atoms. The van der Waals surface area contributed by atoms with Crippen molar-refractivity contribution < 1.29 is 24.2 Å². The van der Waals surface area contributed by atoms with Gasteiger partial charge in [-0.05, 0) is 77.0 Å². The topological polar surface area (TPSA) is 72.8 Å². The van der Waals surface area contributed by atoms with Crippen LogP contribution < -0.4 is 0 Å². The summed E-state index contributed by atoms with van der Waals surface area (Å²) in [7, 11) is 0. The molecule has 0 amide bonds. The minimum Gasteiger partial charge on any atom is -0.462 e. The van der Waals surface area contributed by atoms with Crippen LogP contribution in [0.1, 0.15) is 251 Å². The number of carbonyl (C=O) groups excluding carboxylic acids is 2. The quantitative estimate of drug-likeness (QED) is 0.0374. The van der Waals surface area contributed by atoms with Crippen molar-refractivity contribution in [1.82, 2.24) is 0 Å². The van der Waals surface area contributed by atoms with Crippen molar-refractivity contribution in [2.24, 2.45) is 0 Å². The number of hydrogen-bond donors (Lipinski definition) is 1. The van der Waals surface area contributed by atoms with E-state index < -0.39 is 6.10 Å². The van der Waals surface area contributed by atoms with E-state index in [-0.39, 0.29) is 25.2 Å². The zero-order valence-corrected chi connectivity index (χ0v) is 42.5. The molecule has 65 heavy (non-hydrogen) atoms. The van der Waals surface area contributed by atoms with Crippen molar-refractivity contribution >= 4 is 11.9 Å². The Labute approximate surface area is 402 Å². The van der Waals surface area contributed by atoms with Crippen LogP contribution in [0.15, 0.2) is 97.2 Å². The lowest BCUT2D eigenvalue weighted by atomic mass is 10.0. The summed E-state index contributed by atoms with van der Waals surface area (Å²) in [5.74, 6) is -0.604. The predicted molar refractivity (Wildman–Crippen MR) is 283 cm³/mol. The lowest BCUT2D eigenvalue weighted by Crippen LogP contribution is -2.28. The summed E-state index contributed by atoms with van der Waals surface area (Å²) in [6.07, 6.45) is 77.9. The van der Waals surface area contributed by atoms with Crippen molar-refractivity contribution in [3.8, 4) is 0 Å². The van der Waals surface area contributed by atoms with E-state index in [1.807, 2.05) is 0 Å². The molecule has 0 rings (SSSR count). The van der Waals surface area contributed by atoms with Crippen LogP contribution in [0.4, 0.5) is 0 Å². The molecule has 5 heteroatoms. The number of aliphatic hydroxyl groups is 1. The Morgan fingerprint density at radius 1 is 0.369 bits per heavy atom. The van der Waals surface area contributed by atoms with Gasteiger partial charge in [0.1, 0.15) is 6.61 Å². The zero-order chi connectivity index (χ0) is 47.0. The molecule has 1 N–H and O–H groups in total. The van der Waals surface area contributed by atoms with Gasteiger partial charge in [0.15, 0.2) is 6.10 Å². The van der Waals surface area contributed by atoms with Gasteiger partial charge < -0.3 is 14.6 Å². The average molecular weight is 903 g/mol. The number of carbonyl (C=O) groups is 2.